The summed E-state index contributed by atoms with van der Waals surface area (Å²) < 4.78 is 6.57. The minimum atomic E-state index is -0.642. The van der Waals surface area contributed by atoms with Crippen molar-refractivity contribution in [1.82, 2.24) is 15.0 Å². The molecule has 1 unspecified atom stereocenters. The van der Waals surface area contributed by atoms with E-state index in [0.717, 1.165) is 12.3 Å². The highest BCUT2D eigenvalue weighted by atomic mass is 32.2. The number of hydrogen-bond acceptors (Lipinski definition) is 5. The van der Waals surface area contributed by atoms with Gasteiger partial charge in [-0.25, -0.2) is 4.68 Å². The number of nitrogens with zero attached hydrogens (tertiary/aromatic N) is 3. The molecule has 1 aromatic heterocycles. The summed E-state index contributed by atoms with van der Waals surface area (Å²) >= 11 is 1.73. The Hall–Kier alpha value is -0.590. The van der Waals surface area contributed by atoms with Gasteiger partial charge in [0.2, 0.25) is 0 Å². The first-order valence-electron chi connectivity index (χ1n) is 4.34. The highest BCUT2D eigenvalue weighted by Gasteiger charge is 2.13. The van der Waals surface area contributed by atoms with Gasteiger partial charge in [0.05, 0.1) is 25.0 Å². The lowest BCUT2D eigenvalue weighted by atomic mass is 10.3. The molecule has 0 saturated heterocycles. The Morgan fingerprint density at radius 1 is 1.71 bits per heavy atom. The number of aliphatic hydroxyl groups excluding tert-OH is 1. The van der Waals surface area contributed by atoms with Crippen LogP contribution >= 0.6 is 11.8 Å². The molecule has 1 heterocycles. The molecule has 0 radical (unpaired) electrons. The highest BCUT2D eigenvalue weighted by molar-refractivity contribution is 7.98. The molecule has 1 rings (SSSR count). The number of hydrogen-bond donors (Lipinski definition) is 1. The van der Waals surface area contributed by atoms with Crippen LogP contribution in [0.2, 0.25) is 0 Å². The molecule has 0 saturated carbocycles. The molecule has 5 nitrogen and oxygen atoms in total. The van der Waals surface area contributed by atoms with Crippen LogP contribution in [0, 0.1) is 0 Å². The van der Waals surface area contributed by atoms with E-state index in [1.54, 1.807) is 29.8 Å². The fraction of sp³-hybridized carbons (Fsp3) is 0.750. The summed E-state index contributed by atoms with van der Waals surface area (Å²) in [7, 11) is 1.55. The number of ether oxygens (including phenoxy) is 1. The number of thioether (sulfide) groups is 1. The van der Waals surface area contributed by atoms with Gasteiger partial charge in [0, 0.05) is 12.9 Å². The fourth-order valence-corrected chi connectivity index (χ4v) is 1.47. The van der Waals surface area contributed by atoms with E-state index in [1.807, 2.05) is 6.26 Å². The zero-order chi connectivity index (χ0) is 10.4. The summed E-state index contributed by atoms with van der Waals surface area (Å²) in [4.78, 5) is 0. The first-order valence-corrected chi connectivity index (χ1v) is 5.73. The SMILES string of the molecule is COCC(O)c1cnnn1CCSC. The summed E-state index contributed by atoms with van der Waals surface area (Å²) in [6.45, 7) is 1.03. The van der Waals surface area contributed by atoms with Gasteiger partial charge in [-0.15, -0.1) is 5.10 Å². The van der Waals surface area contributed by atoms with Crippen molar-refractivity contribution in [2.24, 2.45) is 0 Å². The Kier molecular flexibility index (Phi) is 4.92. The van der Waals surface area contributed by atoms with E-state index in [2.05, 4.69) is 10.3 Å². The average Bonchev–Trinajstić information content (AvgIpc) is 2.63. The third-order valence-corrected chi connectivity index (χ3v) is 2.41. The van der Waals surface area contributed by atoms with Gasteiger partial charge < -0.3 is 9.84 Å². The molecule has 1 atom stereocenters. The second-order valence-electron chi connectivity index (χ2n) is 2.85. The van der Waals surface area contributed by atoms with Crippen molar-refractivity contribution in [3.05, 3.63) is 11.9 Å². The number of aromatic nitrogens is 3. The maximum atomic E-state index is 9.66. The van der Waals surface area contributed by atoms with E-state index < -0.39 is 6.10 Å². The maximum absolute atomic E-state index is 9.66. The molecule has 1 aromatic rings. The van der Waals surface area contributed by atoms with Gasteiger partial charge in [0.25, 0.3) is 0 Å². The van der Waals surface area contributed by atoms with Crippen LogP contribution < -0.4 is 0 Å². The van der Waals surface area contributed by atoms with Gasteiger partial charge in [0.1, 0.15) is 6.10 Å². The molecule has 0 aliphatic rings. The summed E-state index contributed by atoms with van der Waals surface area (Å²) in [6.07, 6.45) is 2.96. The molecule has 0 aliphatic carbocycles. The summed E-state index contributed by atoms with van der Waals surface area (Å²) in [5.41, 5.74) is 0.709. The Bertz CT molecular complexity index is 267. The molecule has 1 N–H and O–H groups in total. The van der Waals surface area contributed by atoms with Gasteiger partial charge >= 0.3 is 0 Å². The van der Waals surface area contributed by atoms with Crippen molar-refractivity contribution >= 4 is 11.8 Å². The lowest BCUT2D eigenvalue weighted by Gasteiger charge is -2.10. The predicted molar refractivity (Wildman–Crippen MR) is 55.2 cm³/mol. The largest absolute Gasteiger partial charge is 0.384 e. The molecule has 6 heteroatoms. The molecular weight excluding hydrogens is 202 g/mol. The smallest absolute Gasteiger partial charge is 0.120 e. The third-order valence-electron chi connectivity index (χ3n) is 1.82. The van der Waals surface area contributed by atoms with Crippen molar-refractivity contribution in [2.75, 3.05) is 25.7 Å². The van der Waals surface area contributed by atoms with Gasteiger partial charge in [0.15, 0.2) is 0 Å². The van der Waals surface area contributed by atoms with Crippen LogP contribution in [-0.2, 0) is 11.3 Å². The Morgan fingerprint density at radius 2 is 2.50 bits per heavy atom. The summed E-state index contributed by atoms with van der Waals surface area (Å²) in [5, 5.41) is 17.3. The topological polar surface area (TPSA) is 60.2 Å². The van der Waals surface area contributed by atoms with Crippen molar-refractivity contribution < 1.29 is 9.84 Å². The van der Waals surface area contributed by atoms with Crippen LogP contribution in [0.5, 0.6) is 0 Å². The predicted octanol–water partition coefficient (Wildman–Crippen LogP) is 0.321. The molecule has 0 amide bonds. The number of rotatable bonds is 6. The minimum absolute atomic E-state index is 0.270. The molecule has 0 aromatic carbocycles. The van der Waals surface area contributed by atoms with Gasteiger partial charge in [-0.1, -0.05) is 5.21 Å². The van der Waals surface area contributed by atoms with Crippen LogP contribution in [0.25, 0.3) is 0 Å². The lowest BCUT2D eigenvalue weighted by Crippen LogP contribution is -2.14. The van der Waals surface area contributed by atoms with Crippen LogP contribution in [0.4, 0.5) is 0 Å². The van der Waals surface area contributed by atoms with E-state index in [0.29, 0.717) is 5.69 Å². The zero-order valence-corrected chi connectivity index (χ0v) is 9.20. The quantitative estimate of drug-likeness (QED) is 0.743. The Morgan fingerprint density at radius 3 is 3.14 bits per heavy atom. The van der Waals surface area contributed by atoms with Gasteiger partial charge in [-0.05, 0) is 6.26 Å². The molecule has 0 spiro atoms. The summed E-state index contributed by atoms with van der Waals surface area (Å²) in [5.74, 6) is 0.954. The van der Waals surface area contributed by atoms with E-state index in [4.69, 9.17) is 4.74 Å². The summed E-state index contributed by atoms with van der Waals surface area (Å²) in [6, 6.07) is 0. The molecule has 0 bridgehead atoms. The van der Waals surface area contributed by atoms with Crippen LogP contribution in [0.3, 0.4) is 0 Å². The molecule has 14 heavy (non-hydrogen) atoms. The Labute approximate surface area is 87.4 Å². The van der Waals surface area contributed by atoms with E-state index in [-0.39, 0.29) is 6.61 Å². The van der Waals surface area contributed by atoms with Crippen molar-refractivity contribution in [2.45, 2.75) is 12.6 Å². The normalized spacial score (nSPS) is 13.1. The van der Waals surface area contributed by atoms with E-state index in [9.17, 15) is 5.11 Å². The standard InChI is InChI=1S/C8H15N3O2S/c1-13-6-8(12)7-5-9-10-11(7)3-4-14-2/h5,8,12H,3-4,6H2,1-2H3. The average molecular weight is 217 g/mol. The second kappa shape index (κ2) is 6.00. The second-order valence-corrected chi connectivity index (χ2v) is 3.83. The fourth-order valence-electron chi connectivity index (χ4n) is 1.12. The Balaban J connectivity index is 2.61. The van der Waals surface area contributed by atoms with Crippen LogP contribution in [0.15, 0.2) is 6.20 Å². The highest BCUT2D eigenvalue weighted by Crippen LogP contribution is 2.11. The molecular formula is C8H15N3O2S. The minimum Gasteiger partial charge on any atom is -0.384 e. The van der Waals surface area contributed by atoms with Gasteiger partial charge in [-0.2, -0.15) is 11.8 Å². The maximum Gasteiger partial charge on any atom is 0.120 e. The number of aliphatic hydroxyl groups is 1. The first kappa shape index (κ1) is 11.5. The monoisotopic (exact) mass is 217 g/mol. The molecule has 80 valence electrons. The first-order chi connectivity index (χ1) is 6.79. The van der Waals surface area contributed by atoms with Crippen molar-refractivity contribution in [1.29, 1.82) is 0 Å². The van der Waals surface area contributed by atoms with Crippen LogP contribution in [-0.4, -0.2) is 45.8 Å². The number of aryl methyl sites for hydroxylation is 1. The van der Waals surface area contributed by atoms with Crippen LogP contribution in [0.1, 0.15) is 11.8 Å². The molecule has 0 fully saturated rings. The number of methoxy groups -OCH3 is 1. The zero-order valence-electron chi connectivity index (χ0n) is 8.38. The van der Waals surface area contributed by atoms with Crippen molar-refractivity contribution in [3.63, 3.8) is 0 Å². The third kappa shape index (κ3) is 2.97. The van der Waals surface area contributed by atoms with E-state index in [1.165, 1.54) is 0 Å². The van der Waals surface area contributed by atoms with Crippen molar-refractivity contribution in [3.8, 4) is 0 Å². The molecule has 0 aliphatic heterocycles. The van der Waals surface area contributed by atoms with E-state index >= 15 is 0 Å². The lowest BCUT2D eigenvalue weighted by molar-refractivity contribution is 0.0587. The van der Waals surface area contributed by atoms with Gasteiger partial charge in [-0.3, -0.25) is 0 Å².